The van der Waals surface area contributed by atoms with Crippen LogP contribution < -0.4 is 10.1 Å². The summed E-state index contributed by atoms with van der Waals surface area (Å²) in [6.07, 6.45) is 7.25. The SMILES string of the molecule is COc1ccc(CNc2nc(Br)cn3ccnc23)cn1. The lowest BCUT2D eigenvalue weighted by atomic mass is 10.3. The first-order valence-electron chi connectivity index (χ1n) is 5.98. The predicted octanol–water partition coefficient (Wildman–Crippen LogP) is 2.51. The smallest absolute Gasteiger partial charge is 0.212 e. The maximum Gasteiger partial charge on any atom is 0.212 e. The largest absolute Gasteiger partial charge is 0.481 e. The monoisotopic (exact) mass is 333 g/mol. The maximum absolute atomic E-state index is 5.03. The normalized spacial score (nSPS) is 10.7. The summed E-state index contributed by atoms with van der Waals surface area (Å²) < 4.78 is 7.69. The number of nitrogens with one attached hydrogen (secondary N) is 1. The Morgan fingerprint density at radius 3 is 3.00 bits per heavy atom. The molecular formula is C13H12BrN5O. The van der Waals surface area contributed by atoms with Crippen molar-refractivity contribution < 1.29 is 4.74 Å². The third-order valence-electron chi connectivity index (χ3n) is 2.81. The molecule has 0 saturated heterocycles. The third kappa shape index (κ3) is 2.57. The van der Waals surface area contributed by atoms with Crippen LogP contribution in [0.15, 0.2) is 41.5 Å². The Balaban J connectivity index is 1.80. The highest BCUT2D eigenvalue weighted by molar-refractivity contribution is 9.10. The number of hydrogen-bond donors (Lipinski definition) is 1. The fourth-order valence-electron chi connectivity index (χ4n) is 1.84. The van der Waals surface area contributed by atoms with Gasteiger partial charge >= 0.3 is 0 Å². The van der Waals surface area contributed by atoms with Crippen molar-refractivity contribution in [3.8, 4) is 5.88 Å². The van der Waals surface area contributed by atoms with Crippen LogP contribution in [0.25, 0.3) is 5.65 Å². The van der Waals surface area contributed by atoms with Crippen molar-refractivity contribution in [1.82, 2.24) is 19.4 Å². The lowest BCUT2D eigenvalue weighted by molar-refractivity contribution is 0.397. The fourth-order valence-corrected chi connectivity index (χ4v) is 2.24. The second-order valence-electron chi connectivity index (χ2n) is 4.13. The number of fused-ring (bicyclic) bond motifs is 1. The molecular weight excluding hydrogens is 322 g/mol. The van der Waals surface area contributed by atoms with Gasteiger partial charge < -0.3 is 14.5 Å². The molecule has 7 heteroatoms. The number of nitrogens with zero attached hydrogens (tertiary/aromatic N) is 4. The van der Waals surface area contributed by atoms with Crippen LogP contribution in [0, 0.1) is 0 Å². The molecule has 3 heterocycles. The van der Waals surface area contributed by atoms with Crippen molar-refractivity contribution in [2.45, 2.75) is 6.54 Å². The maximum atomic E-state index is 5.03. The van der Waals surface area contributed by atoms with E-state index in [2.05, 4.69) is 36.2 Å². The zero-order chi connectivity index (χ0) is 13.9. The first-order valence-corrected chi connectivity index (χ1v) is 6.77. The van der Waals surface area contributed by atoms with Gasteiger partial charge in [0.15, 0.2) is 11.5 Å². The second-order valence-corrected chi connectivity index (χ2v) is 4.95. The number of ether oxygens (including phenoxy) is 1. The van der Waals surface area contributed by atoms with Gasteiger partial charge in [-0.25, -0.2) is 15.0 Å². The molecule has 0 fully saturated rings. The highest BCUT2D eigenvalue weighted by Gasteiger charge is 2.06. The molecule has 0 amide bonds. The van der Waals surface area contributed by atoms with E-state index in [1.54, 1.807) is 19.5 Å². The molecule has 102 valence electrons. The van der Waals surface area contributed by atoms with Crippen LogP contribution in [0.3, 0.4) is 0 Å². The molecule has 3 aromatic heterocycles. The van der Waals surface area contributed by atoms with E-state index in [1.807, 2.05) is 28.9 Å². The number of anilines is 1. The minimum atomic E-state index is 0.602. The third-order valence-corrected chi connectivity index (χ3v) is 3.19. The summed E-state index contributed by atoms with van der Waals surface area (Å²) in [6, 6.07) is 3.79. The average molecular weight is 334 g/mol. The van der Waals surface area contributed by atoms with Crippen LogP contribution in [0.5, 0.6) is 5.88 Å². The molecule has 0 atom stereocenters. The Morgan fingerprint density at radius 1 is 1.35 bits per heavy atom. The summed E-state index contributed by atoms with van der Waals surface area (Å²) in [4.78, 5) is 12.8. The number of rotatable bonds is 4. The van der Waals surface area contributed by atoms with Gasteiger partial charge in [0, 0.05) is 37.4 Å². The van der Waals surface area contributed by atoms with Crippen molar-refractivity contribution in [3.63, 3.8) is 0 Å². The van der Waals surface area contributed by atoms with Gasteiger partial charge in [0.05, 0.1) is 7.11 Å². The van der Waals surface area contributed by atoms with Crippen molar-refractivity contribution in [2.24, 2.45) is 0 Å². The Kier molecular flexibility index (Phi) is 3.51. The molecule has 0 bridgehead atoms. The zero-order valence-corrected chi connectivity index (χ0v) is 12.3. The molecule has 0 saturated carbocycles. The molecule has 3 rings (SSSR count). The second kappa shape index (κ2) is 5.46. The van der Waals surface area contributed by atoms with Gasteiger partial charge in [0.1, 0.15) is 4.60 Å². The molecule has 6 nitrogen and oxygen atoms in total. The summed E-state index contributed by atoms with van der Waals surface area (Å²) >= 11 is 3.38. The van der Waals surface area contributed by atoms with Gasteiger partial charge in [-0.2, -0.15) is 0 Å². The first kappa shape index (κ1) is 12.9. The number of halogens is 1. The van der Waals surface area contributed by atoms with Gasteiger partial charge in [-0.05, 0) is 21.5 Å². The lowest BCUT2D eigenvalue weighted by Crippen LogP contribution is -2.04. The van der Waals surface area contributed by atoms with Crippen molar-refractivity contribution in [1.29, 1.82) is 0 Å². The Hall–Kier alpha value is -2.15. The van der Waals surface area contributed by atoms with E-state index >= 15 is 0 Å². The van der Waals surface area contributed by atoms with E-state index in [0.29, 0.717) is 12.4 Å². The van der Waals surface area contributed by atoms with E-state index in [4.69, 9.17) is 4.74 Å². The van der Waals surface area contributed by atoms with Gasteiger partial charge in [-0.3, -0.25) is 0 Å². The molecule has 1 N–H and O–H groups in total. The fraction of sp³-hybridized carbons (Fsp3) is 0.154. The molecule has 0 spiro atoms. The summed E-state index contributed by atoms with van der Waals surface area (Å²) in [5.41, 5.74) is 1.83. The van der Waals surface area contributed by atoms with Crippen LogP contribution in [-0.4, -0.2) is 26.5 Å². The molecule has 20 heavy (non-hydrogen) atoms. The van der Waals surface area contributed by atoms with Crippen molar-refractivity contribution in [3.05, 3.63) is 47.1 Å². The molecule has 0 radical (unpaired) electrons. The highest BCUT2D eigenvalue weighted by Crippen LogP contribution is 2.17. The minimum absolute atomic E-state index is 0.602. The number of imidazole rings is 1. The Morgan fingerprint density at radius 2 is 2.25 bits per heavy atom. The minimum Gasteiger partial charge on any atom is -0.481 e. The molecule has 0 aliphatic heterocycles. The summed E-state index contributed by atoms with van der Waals surface area (Å²) in [5.74, 6) is 1.32. The van der Waals surface area contributed by atoms with Crippen LogP contribution in [-0.2, 0) is 6.54 Å². The van der Waals surface area contributed by atoms with E-state index in [0.717, 1.165) is 21.6 Å². The zero-order valence-electron chi connectivity index (χ0n) is 10.7. The van der Waals surface area contributed by atoms with Gasteiger partial charge in [0.2, 0.25) is 5.88 Å². The van der Waals surface area contributed by atoms with E-state index in [-0.39, 0.29) is 0 Å². The first-order chi connectivity index (χ1) is 9.76. The number of hydrogen-bond acceptors (Lipinski definition) is 5. The van der Waals surface area contributed by atoms with Gasteiger partial charge in [0.25, 0.3) is 0 Å². The molecule has 0 unspecified atom stereocenters. The molecule has 3 aromatic rings. The van der Waals surface area contributed by atoms with Crippen molar-refractivity contribution >= 4 is 27.4 Å². The lowest BCUT2D eigenvalue weighted by Gasteiger charge is -2.08. The quantitative estimate of drug-likeness (QED) is 0.794. The van der Waals surface area contributed by atoms with E-state index in [1.165, 1.54) is 0 Å². The number of pyridine rings is 1. The van der Waals surface area contributed by atoms with Crippen LogP contribution in [0.2, 0.25) is 0 Å². The van der Waals surface area contributed by atoms with Crippen LogP contribution in [0.4, 0.5) is 5.82 Å². The highest BCUT2D eigenvalue weighted by atomic mass is 79.9. The van der Waals surface area contributed by atoms with Crippen LogP contribution in [0.1, 0.15) is 5.56 Å². The van der Waals surface area contributed by atoms with E-state index in [9.17, 15) is 0 Å². The van der Waals surface area contributed by atoms with E-state index < -0.39 is 0 Å². The summed E-state index contributed by atoms with van der Waals surface area (Å²) in [6.45, 7) is 0.614. The van der Waals surface area contributed by atoms with Crippen molar-refractivity contribution in [2.75, 3.05) is 12.4 Å². The standard InChI is InChI=1S/C13H12BrN5O/c1-20-11-3-2-9(6-16-11)7-17-12-13-15-4-5-19(13)8-10(14)18-12/h2-6,8H,7H2,1H3,(H,17,18). The topological polar surface area (TPSA) is 64.3 Å². The summed E-state index contributed by atoms with van der Waals surface area (Å²) in [7, 11) is 1.60. The summed E-state index contributed by atoms with van der Waals surface area (Å²) in [5, 5.41) is 3.26. The molecule has 0 aromatic carbocycles. The number of methoxy groups -OCH3 is 1. The Labute approximate surface area is 124 Å². The predicted molar refractivity (Wildman–Crippen MR) is 78.8 cm³/mol. The average Bonchev–Trinajstić information content (AvgIpc) is 2.93. The molecule has 0 aliphatic carbocycles. The van der Waals surface area contributed by atoms with Gasteiger partial charge in [-0.1, -0.05) is 6.07 Å². The van der Waals surface area contributed by atoms with Gasteiger partial charge in [-0.15, -0.1) is 0 Å². The number of aromatic nitrogens is 4. The molecule has 0 aliphatic rings. The van der Waals surface area contributed by atoms with Crippen LogP contribution >= 0.6 is 15.9 Å². The Bertz CT molecular complexity index is 725.